The topological polar surface area (TPSA) is 106 Å². The number of anilines is 1. The van der Waals surface area contributed by atoms with E-state index < -0.39 is 9.84 Å². The van der Waals surface area contributed by atoms with Gasteiger partial charge >= 0.3 is 0 Å². The molecule has 0 spiro atoms. The molecule has 3 aromatic carbocycles. The highest BCUT2D eigenvalue weighted by atomic mass is 32.2. The number of hydrogen-bond donors (Lipinski definition) is 1. The van der Waals surface area contributed by atoms with Crippen molar-refractivity contribution in [2.45, 2.75) is 24.5 Å². The zero-order chi connectivity index (χ0) is 24.3. The molecule has 1 amide bonds. The molecule has 0 unspecified atom stereocenters. The van der Waals surface area contributed by atoms with E-state index in [2.05, 4.69) is 10.3 Å². The molecule has 0 saturated heterocycles. The van der Waals surface area contributed by atoms with Gasteiger partial charge in [-0.15, -0.1) is 0 Å². The van der Waals surface area contributed by atoms with Gasteiger partial charge in [0.05, 0.1) is 10.6 Å². The number of rotatable bonds is 7. The Labute approximate surface area is 197 Å². The van der Waals surface area contributed by atoms with Gasteiger partial charge in [-0.2, -0.15) is 0 Å². The quantitative estimate of drug-likeness (QED) is 0.375. The molecule has 0 bridgehead atoms. The molecule has 0 aliphatic rings. The number of amides is 1. The molecule has 7 nitrogen and oxygen atoms in total. The second-order valence-electron chi connectivity index (χ2n) is 7.76. The van der Waals surface area contributed by atoms with Gasteiger partial charge in [0.1, 0.15) is 11.5 Å². The van der Waals surface area contributed by atoms with Crippen LogP contribution in [0.15, 0.2) is 88.2 Å². The summed E-state index contributed by atoms with van der Waals surface area (Å²) in [5.41, 5.74) is 2.40. The van der Waals surface area contributed by atoms with E-state index in [0.29, 0.717) is 33.8 Å². The lowest BCUT2D eigenvalue weighted by atomic mass is 10.1. The van der Waals surface area contributed by atoms with Crippen LogP contribution in [-0.2, 0) is 15.6 Å². The predicted octanol–water partition coefficient (Wildman–Crippen LogP) is 5.08. The number of benzene rings is 3. The fourth-order valence-electron chi connectivity index (χ4n) is 3.36. The number of oxazole rings is 1. The van der Waals surface area contributed by atoms with E-state index in [1.54, 1.807) is 85.8 Å². The number of aryl methyl sites for hydroxylation is 1. The van der Waals surface area contributed by atoms with Gasteiger partial charge < -0.3 is 9.73 Å². The lowest BCUT2D eigenvalue weighted by Crippen LogP contribution is -2.12. The molecular formula is C26H22N2O5S. The molecule has 8 heteroatoms. The molecule has 0 radical (unpaired) electrons. The van der Waals surface area contributed by atoms with Crippen LogP contribution in [0.5, 0.6) is 0 Å². The second kappa shape index (κ2) is 9.44. The Hall–Kier alpha value is -4.04. The van der Waals surface area contributed by atoms with Crippen molar-refractivity contribution >= 4 is 27.2 Å². The van der Waals surface area contributed by atoms with Gasteiger partial charge in [0, 0.05) is 22.4 Å². The van der Waals surface area contributed by atoms with Crippen LogP contribution < -0.4 is 5.32 Å². The van der Waals surface area contributed by atoms with Crippen LogP contribution in [0, 0.1) is 6.92 Å². The molecule has 1 aromatic heterocycles. The minimum Gasteiger partial charge on any atom is -0.441 e. The Morgan fingerprint density at radius 2 is 1.62 bits per heavy atom. The maximum absolute atomic E-state index is 12.7. The van der Waals surface area contributed by atoms with Crippen LogP contribution in [0.1, 0.15) is 39.1 Å². The van der Waals surface area contributed by atoms with Crippen LogP contribution >= 0.6 is 0 Å². The van der Waals surface area contributed by atoms with Crippen molar-refractivity contribution in [3.63, 3.8) is 0 Å². The first kappa shape index (κ1) is 23.1. The maximum atomic E-state index is 12.7. The minimum absolute atomic E-state index is 0.0855. The Morgan fingerprint density at radius 1 is 0.912 bits per heavy atom. The van der Waals surface area contributed by atoms with Crippen LogP contribution in [0.25, 0.3) is 11.5 Å². The molecule has 34 heavy (non-hydrogen) atoms. The number of carbonyl (C=O) groups is 2. The van der Waals surface area contributed by atoms with Gasteiger partial charge in [-0.3, -0.25) is 9.59 Å². The summed E-state index contributed by atoms with van der Waals surface area (Å²) in [5.74, 6) is 0.00766. The smallest absolute Gasteiger partial charge is 0.255 e. The first-order valence-corrected chi connectivity index (χ1v) is 12.1. The van der Waals surface area contributed by atoms with Crippen molar-refractivity contribution in [2.75, 3.05) is 5.32 Å². The summed E-state index contributed by atoms with van der Waals surface area (Å²) in [6, 6.07) is 21.5. The van der Waals surface area contributed by atoms with Crippen molar-refractivity contribution in [1.29, 1.82) is 0 Å². The molecule has 1 N–H and O–H groups in total. The first-order chi connectivity index (χ1) is 16.2. The molecule has 0 fully saturated rings. The lowest BCUT2D eigenvalue weighted by molar-refractivity contribution is 0.101. The van der Waals surface area contributed by atoms with Gasteiger partial charge in [-0.25, -0.2) is 13.4 Å². The van der Waals surface area contributed by atoms with Gasteiger partial charge in [-0.05, 0) is 62.4 Å². The fourth-order valence-corrected chi connectivity index (χ4v) is 4.73. The maximum Gasteiger partial charge on any atom is 0.255 e. The third-order valence-electron chi connectivity index (χ3n) is 5.24. The van der Waals surface area contributed by atoms with Gasteiger partial charge in [0.2, 0.25) is 5.89 Å². The monoisotopic (exact) mass is 474 g/mol. The minimum atomic E-state index is -3.56. The molecular weight excluding hydrogens is 452 g/mol. The van der Waals surface area contributed by atoms with Crippen molar-refractivity contribution in [3.8, 4) is 11.5 Å². The number of Topliss-reactive ketones (excluding diaryl/α,β-unsaturated/α-hetero) is 1. The lowest BCUT2D eigenvalue weighted by Gasteiger charge is -2.07. The molecule has 0 saturated carbocycles. The normalized spacial score (nSPS) is 11.2. The zero-order valence-corrected chi connectivity index (χ0v) is 19.4. The zero-order valence-electron chi connectivity index (χ0n) is 18.6. The van der Waals surface area contributed by atoms with E-state index in [-0.39, 0.29) is 28.2 Å². The Kier molecular flexibility index (Phi) is 6.43. The number of nitrogens with one attached hydrogen (secondary N) is 1. The molecule has 0 atom stereocenters. The highest BCUT2D eigenvalue weighted by Crippen LogP contribution is 2.25. The van der Waals surface area contributed by atoms with Crippen molar-refractivity contribution < 1.29 is 22.4 Å². The summed E-state index contributed by atoms with van der Waals surface area (Å²) in [6.07, 6.45) is 0. The van der Waals surface area contributed by atoms with Crippen LogP contribution in [0.2, 0.25) is 0 Å². The van der Waals surface area contributed by atoms with Crippen LogP contribution in [-0.4, -0.2) is 25.1 Å². The Morgan fingerprint density at radius 3 is 2.29 bits per heavy atom. The largest absolute Gasteiger partial charge is 0.441 e. The molecule has 4 aromatic rings. The third kappa shape index (κ3) is 5.13. The predicted molar refractivity (Wildman–Crippen MR) is 128 cm³/mol. The number of sulfone groups is 1. The standard InChI is InChI=1S/C26H22N2O5S/c1-17(29)21-7-6-8-22(15-21)27-25(30)19-11-13-20(14-12-19)26-28-24(18(2)33-26)16-34(31,32)23-9-4-3-5-10-23/h3-15H,16H2,1-2H3,(H,27,30). The molecule has 0 aliphatic heterocycles. The van der Waals surface area contributed by atoms with E-state index in [1.807, 2.05) is 0 Å². The third-order valence-corrected chi connectivity index (χ3v) is 6.89. The Bertz CT molecular complexity index is 1460. The van der Waals surface area contributed by atoms with Crippen LogP contribution in [0.3, 0.4) is 0 Å². The summed E-state index contributed by atoms with van der Waals surface area (Å²) < 4.78 is 31.1. The average molecular weight is 475 g/mol. The van der Waals surface area contributed by atoms with Crippen LogP contribution in [0.4, 0.5) is 5.69 Å². The molecule has 172 valence electrons. The average Bonchev–Trinajstić information content (AvgIpc) is 3.19. The number of aromatic nitrogens is 1. The van der Waals surface area contributed by atoms with Gasteiger partial charge in [-0.1, -0.05) is 30.3 Å². The number of hydrogen-bond acceptors (Lipinski definition) is 6. The summed E-state index contributed by atoms with van der Waals surface area (Å²) in [5, 5.41) is 2.77. The first-order valence-electron chi connectivity index (χ1n) is 10.5. The highest BCUT2D eigenvalue weighted by Gasteiger charge is 2.21. The molecule has 0 aliphatic carbocycles. The van der Waals surface area contributed by atoms with E-state index in [0.717, 1.165) is 0 Å². The molecule has 4 rings (SSSR count). The Balaban J connectivity index is 1.49. The van der Waals surface area contributed by atoms with Crippen molar-refractivity contribution in [2.24, 2.45) is 0 Å². The number of ketones is 1. The number of carbonyl (C=O) groups excluding carboxylic acids is 2. The SMILES string of the molecule is CC(=O)c1cccc(NC(=O)c2ccc(-c3nc(CS(=O)(=O)c4ccccc4)c(C)o3)cc2)c1. The van der Waals surface area contributed by atoms with E-state index in [9.17, 15) is 18.0 Å². The summed E-state index contributed by atoms with van der Waals surface area (Å²) >= 11 is 0. The molecule has 1 heterocycles. The summed E-state index contributed by atoms with van der Waals surface area (Å²) in [7, 11) is -3.56. The summed E-state index contributed by atoms with van der Waals surface area (Å²) in [4.78, 5) is 28.7. The van der Waals surface area contributed by atoms with Crippen molar-refractivity contribution in [1.82, 2.24) is 4.98 Å². The second-order valence-corrected chi connectivity index (χ2v) is 9.75. The van der Waals surface area contributed by atoms with Gasteiger partial charge in [0.15, 0.2) is 15.6 Å². The summed E-state index contributed by atoms with van der Waals surface area (Å²) in [6.45, 7) is 3.13. The van der Waals surface area contributed by atoms with E-state index >= 15 is 0 Å². The van der Waals surface area contributed by atoms with Gasteiger partial charge in [0.25, 0.3) is 5.91 Å². The van der Waals surface area contributed by atoms with E-state index in [1.165, 1.54) is 6.92 Å². The van der Waals surface area contributed by atoms with Crippen molar-refractivity contribution in [3.05, 3.63) is 101 Å². The highest BCUT2D eigenvalue weighted by molar-refractivity contribution is 7.90. The fraction of sp³-hybridized carbons (Fsp3) is 0.115. The van der Waals surface area contributed by atoms with E-state index in [4.69, 9.17) is 4.42 Å². The number of nitrogens with zero attached hydrogens (tertiary/aromatic N) is 1.